The highest BCUT2D eigenvalue weighted by atomic mass is 79.9. The molecule has 3 heteroatoms. The summed E-state index contributed by atoms with van der Waals surface area (Å²) in [7, 11) is 0. The minimum absolute atomic E-state index is 0.785. The standard InChI is InChI=1S/C11H14Br2O/c1-9-4-5-11(10(13)8-9)14-7-3-2-6-12/h4-5,8H,2-3,6-7H2,1H3. The van der Waals surface area contributed by atoms with Crippen LogP contribution in [0.5, 0.6) is 5.75 Å². The lowest BCUT2D eigenvalue weighted by molar-refractivity contribution is 0.308. The zero-order valence-corrected chi connectivity index (χ0v) is 11.4. The van der Waals surface area contributed by atoms with E-state index in [1.165, 1.54) is 5.56 Å². The third-order valence-corrected chi connectivity index (χ3v) is 3.05. The maximum Gasteiger partial charge on any atom is 0.133 e. The van der Waals surface area contributed by atoms with Crippen LogP contribution in [0.4, 0.5) is 0 Å². The first-order valence-electron chi connectivity index (χ1n) is 4.69. The minimum atomic E-state index is 0.785. The van der Waals surface area contributed by atoms with Gasteiger partial charge in [0.05, 0.1) is 11.1 Å². The van der Waals surface area contributed by atoms with Gasteiger partial charge in [0.1, 0.15) is 5.75 Å². The minimum Gasteiger partial charge on any atom is -0.492 e. The Hall–Kier alpha value is -0.0200. The molecule has 0 N–H and O–H groups in total. The summed E-state index contributed by atoms with van der Waals surface area (Å²) in [5.41, 5.74) is 1.24. The van der Waals surface area contributed by atoms with Gasteiger partial charge >= 0.3 is 0 Å². The van der Waals surface area contributed by atoms with E-state index in [0.717, 1.165) is 35.0 Å². The van der Waals surface area contributed by atoms with Crippen LogP contribution in [0, 0.1) is 6.92 Å². The van der Waals surface area contributed by atoms with Gasteiger partial charge in [-0.15, -0.1) is 0 Å². The molecule has 0 bridgehead atoms. The highest BCUT2D eigenvalue weighted by Gasteiger charge is 2.00. The number of hydrogen-bond acceptors (Lipinski definition) is 1. The van der Waals surface area contributed by atoms with Crippen molar-refractivity contribution in [3.05, 3.63) is 28.2 Å². The molecule has 78 valence electrons. The van der Waals surface area contributed by atoms with Crippen molar-refractivity contribution < 1.29 is 4.74 Å². The second-order valence-corrected chi connectivity index (χ2v) is 4.83. The number of benzene rings is 1. The second kappa shape index (κ2) is 6.46. The molecule has 1 aromatic carbocycles. The van der Waals surface area contributed by atoms with Crippen molar-refractivity contribution in [1.29, 1.82) is 0 Å². The van der Waals surface area contributed by atoms with Gasteiger partial charge in [0.2, 0.25) is 0 Å². The molecule has 0 aromatic heterocycles. The molecule has 0 spiro atoms. The third kappa shape index (κ3) is 4.01. The van der Waals surface area contributed by atoms with Crippen molar-refractivity contribution in [2.24, 2.45) is 0 Å². The van der Waals surface area contributed by atoms with Crippen LogP contribution in [0.3, 0.4) is 0 Å². The molecule has 1 rings (SSSR count). The largest absolute Gasteiger partial charge is 0.492 e. The summed E-state index contributed by atoms with van der Waals surface area (Å²) in [5, 5.41) is 1.05. The Labute approximate surface area is 102 Å². The van der Waals surface area contributed by atoms with E-state index in [9.17, 15) is 0 Å². The lowest BCUT2D eigenvalue weighted by Gasteiger charge is -2.07. The smallest absolute Gasteiger partial charge is 0.133 e. The molecule has 0 saturated heterocycles. The van der Waals surface area contributed by atoms with Crippen LogP contribution in [0.25, 0.3) is 0 Å². The van der Waals surface area contributed by atoms with Gasteiger partial charge in [-0.2, -0.15) is 0 Å². The number of alkyl halides is 1. The maximum absolute atomic E-state index is 5.63. The summed E-state index contributed by atoms with van der Waals surface area (Å²) in [5.74, 6) is 0.935. The van der Waals surface area contributed by atoms with E-state index in [1.807, 2.05) is 6.07 Å². The number of unbranched alkanes of at least 4 members (excludes halogenated alkanes) is 1. The molecule has 0 fully saturated rings. The fourth-order valence-electron chi connectivity index (χ4n) is 1.10. The third-order valence-electron chi connectivity index (χ3n) is 1.87. The van der Waals surface area contributed by atoms with Gasteiger partial charge in [-0.1, -0.05) is 22.0 Å². The highest BCUT2D eigenvalue weighted by Crippen LogP contribution is 2.25. The summed E-state index contributed by atoms with van der Waals surface area (Å²) < 4.78 is 6.66. The Morgan fingerprint density at radius 2 is 2.07 bits per heavy atom. The van der Waals surface area contributed by atoms with Gasteiger partial charge in [0, 0.05) is 5.33 Å². The molecule has 0 unspecified atom stereocenters. The summed E-state index contributed by atoms with van der Waals surface area (Å²) in [6.07, 6.45) is 2.25. The summed E-state index contributed by atoms with van der Waals surface area (Å²) in [6.45, 7) is 2.85. The Morgan fingerprint density at radius 3 is 2.71 bits per heavy atom. The first-order chi connectivity index (χ1) is 6.74. The predicted octanol–water partition coefficient (Wildman–Crippen LogP) is 4.31. The Balaban J connectivity index is 2.42. The molecular weight excluding hydrogens is 308 g/mol. The van der Waals surface area contributed by atoms with E-state index >= 15 is 0 Å². The van der Waals surface area contributed by atoms with Gasteiger partial charge in [-0.25, -0.2) is 0 Å². The SMILES string of the molecule is Cc1ccc(OCCCCBr)c(Br)c1. The molecule has 0 atom stereocenters. The second-order valence-electron chi connectivity index (χ2n) is 3.18. The monoisotopic (exact) mass is 320 g/mol. The lowest BCUT2D eigenvalue weighted by Crippen LogP contribution is -1.98. The fourth-order valence-corrected chi connectivity index (χ4v) is 2.11. The topological polar surface area (TPSA) is 9.23 Å². The van der Waals surface area contributed by atoms with Crippen molar-refractivity contribution in [3.63, 3.8) is 0 Å². The molecule has 1 nitrogen and oxygen atoms in total. The molecule has 0 amide bonds. The van der Waals surface area contributed by atoms with E-state index in [4.69, 9.17) is 4.74 Å². The van der Waals surface area contributed by atoms with Crippen LogP contribution >= 0.6 is 31.9 Å². The van der Waals surface area contributed by atoms with Gasteiger partial charge in [-0.3, -0.25) is 0 Å². The highest BCUT2D eigenvalue weighted by molar-refractivity contribution is 9.10. The first-order valence-corrected chi connectivity index (χ1v) is 6.60. The molecule has 0 saturated carbocycles. The number of halogens is 2. The number of ether oxygens (including phenoxy) is 1. The maximum atomic E-state index is 5.63. The van der Waals surface area contributed by atoms with Crippen LogP contribution in [-0.4, -0.2) is 11.9 Å². The normalized spacial score (nSPS) is 10.2. The zero-order chi connectivity index (χ0) is 10.4. The van der Waals surface area contributed by atoms with Crippen molar-refractivity contribution in [3.8, 4) is 5.75 Å². The van der Waals surface area contributed by atoms with Gasteiger partial charge in [-0.05, 0) is 53.4 Å². The average molecular weight is 322 g/mol. The molecule has 14 heavy (non-hydrogen) atoms. The molecule has 0 aliphatic rings. The van der Waals surface area contributed by atoms with Gasteiger partial charge in [0.15, 0.2) is 0 Å². The average Bonchev–Trinajstić information content (AvgIpc) is 2.15. The van der Waals surface area contributed by atoms with Crippen molar-refractivity contribution in [2.45, 2.75) is 19.8 Å². The number of rotatable bonds is 5. The first kappa shape index (κ1) is 12.1. The number of aryl methyl sites for hydroxylation is 1. The molecule has 0 aliphatic heterocycles. The van der Waals surface area contributed by atoms with E-state index < -0.39 is 0 Å². The van der Waals surface area contributed by atoms with Crippen LogP contribution in [0.15, 0.2) is 22.7 Å². The van der Waals surface area contributed by atoms with Crippen LogP contribution in [0.2, 0.25) is 0 Å². The van der Waals surface area contributed by atoms with Crippen molar-refractivity contribution in [2.75, 3.05) is 11.9 Å². The lowest BCUT2D eigenvalue weighted by atomic mass is 10.2. The molecule has 1 aromatic rings. The summed E-state index contributed by atoms with van der Waals surface area (Å²) in [6, 6.07) is 6.14. The summed E-state index contributed by atoms with van der Waals surface area (Å²) >= 11 is 6.88. The van der Waals surface area contributed by atoms with Crippen LogP contribution in [0.1, 0.15) is 18.4 Å². The van der Waals surface area contributed by atoms with Crippen LogP contribution in [-0.2, 0) is 0 Å². The molecule has 0 heterocycles. The molecule has 0 radical (unpaired) electrons. The number of hydrogen-bond donors (Lipinski definition) is 0. The predicted molar refractivity (Wildman–Crippen MR) is 67.4 cm³/mol. The van der Waals surface area contributed by atoms with Gasteiger partial charge in [0.25, 0.3) is 0 Å². The van der Waals surface area contributed by atoms with Crippen molar-refractivity contribution >= 4 is 31.9 Å². The Morgan fingerprint density at radius 1 is 1.29 bits per heavy atom. The fraction of sp³-hybridized carbons (Fsp3) is 0.455. The van der Waals surface area contributed by atoms with Crippen molar-refractivity contribution in [1.82, 2.24) is 0 Å². The van der Waals surface area contributed by atoms with E-state index in [-0.39, 0.29) is 0 Å². The van der Waals surface area contributed by atoms with E-state index in [1.54, 1.807) is 0 Å². The quantitative estimate of drug-likeness (QED) is 0.580. The zero-order valence-electron chi connectivity index (χ0n) is 8.22. The molecular formula is C11H14Br2O. The summed E-state index contributed by atoms with van der Waals surface area (Å²) in [4.78, 5) is 0. The Kier molecular flexibility index (Phi) is 5.56. The molecule has 0 aliphatic carbocycles. The van der Waals surface area contributed by atoms with E-state index in [0.29, 0.717) is 0 Å². The van der Waals surface area contributed by atoms with Gasteiger partial charge < -0.3 is 4.74 Å². The van der Waals surface area contributed by atoms with Crippen LogP contribution < -0.4 is 4.74 Å². The van der Waals surface area contributed by atoms with E-state index in [2.05, 4.69) is 50.9 Å². The Bertz CT molecular complexity index is 287.